The highest BCUT2D eigenvalue weighted by Crippen LogP contribution is 2.24. The number of benzene rings is 1. The van der Waals surface area contributed by atoms with E-state index < -0.39 is 0 Å². The van der Waals surface area contributed by atoms with Crippen LogP contribution in [0.25, 0.3) is 11.1 Å². The molecule has 0 spiro atoms. The van der Waals surface area contributed by atoms with E-state index in [1.54, 1.807) is 24.4 Å². The molecule has 0 amide bonds. The van der Waals surface area contributed by atoms with E-state index >= 15 is 0 Å². The van der Waals surface area contributed by atoms with Crippen LogP contribution in [0, 0.1) is 6.92 Å². The Hall–Kier alpha value is -2.93. The van der Waals surface area contributed by atoms with Crippen LogP contribution in [0.4, 0.5) is 10.4 Å². The highest BCUT2D eigenvalue weighted by atomic mass is 19.1. The van der Waals surface area contributed by atoms with Gasteiger partial charge in [0.15, 0.2) is 5.58 Å². The molecule has 0 aliphatic heterocycles. The van der Waals surface area contributed by atoms with Crippen LogP contribution >= 0.6 is 0 Å². The third-order valence-corrected chi connectivity index (χ3v) is 3.75. The lowest BCUT2D eigenvalue weighted by Gasteiger charge is -2.06. The van der Waals surface area contributed by atoms with Gasteiger partial charge in [-0.15, -0.1) is 0 Å². The molecule has 3 N–H and O–H groups in total. The number of anilines is 1. The van der Waals surface area contributed by atoms with Crippen molar-refractivity contribution in [1.82, 2.24) is 9.97 Å². The van der Waals surface area contributed by atoms with Gasteiger partial charge in [-0.3, -0.25) is 4.98 Å². The Morgan fingerprint density at radius 1 is 1.40 bits per heavy atom. The summed E-state index contributed by atoms with van der Waals surface area (Å²) < 4.78 is 23.7. The number of aromatic nitrogens is 2. The van der Waals surface area contributed by atoms with Crippen molar-refractivity contribution in [2.45, 2.75) is 13.5 Å². The van der Waals surface area contributed by atoms with Crippen LogP contribution in [0.5, 0.6) is 5.75 Å². The summed E-state index contributed by atoms with van der Waals surface area (Å²) in [5.41, 5.74) is 9.10. The monoisotopic (exact) mass is 342 g/mol. The third-order valence-electron chi connectivity index (χ3n) is 3.75. The Labute approximate surface area is 144 Å². The number of hydrogen-bond donors (Lipinski definition) is 2. The van der Waals surface area contributed by atoms with E-state index in [0.29, 0.717) is 41.3 Å². The van der Waals surface area contributed by atoms with E-state index in [1.165, 1.54) is 0 Å². The van der Waals surface area contributed by atoms with E-state index in [4.69, 9.17) is 14.9 Å². The number of pyridine rings is 1. The van der Waals surface area contributed by atoms with Crippen LogP contribution in [0.15, 0.2) is 52.8 Å². The number of oxazole rings is 1. The largest absolute Gasteiger partial charge is 0.489 e. The maximum atomic E-state index is 12.5. The molecule has 0 radical (unpaired) electrons. The number of aryl methyl sites for hydroxylation is 1. The molecule has 2 aromatic heterocycles. The van der Waals surface area contributed by atoms with Crippen LogP contribution in [-0.4, -0.2) is 23.1 Å². The van der Waals surface area contributed by atoms with Crippen LogP contribution in [0.2, 0.25) is 0 Å². The molecule has 0 unspecified atom stereocenters. The van der Waals surface area contributed by atoms with Crippen LogP contribution in [-0.2, 0) is 6.54 Å². The molecule has 0 aliphatic rings. The molecule has 1 aromatic carbocycles. The van der Waals surface area contributed by atoms with Crippen molar-refractivity contribution in [1.29, 1.82) is 0 Å². The molecule has 0 atom stereocenters. The number of halogens is 1. The molecule has 7 heteroatoms. The molecular weight excluding hydrogens is 323 g/mol. The average Bonchev–Trinajstić information content (AvgIpc) is 3.04. The topological polar surface area (TPSA) is 86.2 Å². The van der Waals surface area contributed by atoms with E-state index in [-0.39, 0.29) is 13.2 Å². The van der Waals surface area contributed by atoms with Crippen molar-refractivity contribution < 1.29 is 13.5 Å². The Balaban J connectivity index is 1.69. The summed E-state index contributed by atoms with van der Waals surface area (Å²) in [4.78, 5) is 8.63. The van der Waals surface area contributed by atoms with Gasteiger partial charge in [-0.2, -0.15) is 4.98 Å². The zero-order valence-electron chi connectivity index (χ0n) is 13.8. The molecule has 0 saturated heterocycles. The first-order valence-corrected chi connectivity index (χ1v) is 7.85. The van der Waals surface area contributed by atoms with Gasteiger partial charge in [0.25, 0.3) is 6.01 Å². The lowest BCUT2D eigenvalue weighted by atomic mass is 10.2. The standard InChI is InChI=1S/C18H19FN4O2/c1-12-14(3-2-6-21-12)10-22-18-23-16-5-4-15(7-17(16)25-18)24-11-13(8-19)9-20/h2-8H,9-11,20H2,1H3,(H,22,23). The number of ether oxygens (including phenoxy) is 1. The van der Waals surface area contributed by atoms with Crippen molar-refractivity contribution >= 4 is 17.1 Å². The summed E-state index contributed by atoms with van der Waals surface area (Å²) in [5.74, 6) is 0.561. The number of nitrogens with two attached hydrogens (primary N) is 1. The van der Waals surface area contributed by atoms with Crippen LogP contribution in [0.3, 0.4) is 0 Å². The van der Waals surface area contributed by atoms with Crippen molar-refractivity contribution in [2.24, 2.45) is 5.73 Å². The predicted octanol–water partition coefficient (Wildman–Crippen LogP) is 3.33. The fourth-order valence-corrected chi connectivity index (χ4v) is 2.26. The quantitative estimate of drug-likeness (QED) is 0.685. The zero-order valence-corrected chi connectivity index (χ0v) is 13.8. The Morgan fingerprint density at radius 3 is 3.04 bits per heavy atom. The fraction of sp³-hybridized carbons (Fsp3) is 0.222. The smallest absolute Gasteiger partial charge is 0.295 e. The first-order valence-electron chi connectivity index (χ1n) is 7.85. The number of nitrogens with one attached hydrogen (secondary N) is 1. The predicted molar refractivity (Wildman–Crippen MR) is 94.1 cm³/mol. The summed E-state index contributed by atoms with van der Waals surface area (Å²) >= 11 is 0. The van der Waals surface area contributed by atoms with Gasteiger partial charge in [-0.1, -0.05) is 6.07 Å². The Kier molecular flexibility index (Phi) is 5.25. The van der Waals surface area contributed by atoms with Gasteiger partial charge in [0, 0.05) is 36.6 Å². The SMILES string of the molecule is Cc1ncccc1CNc1nc2ccc(OCC(=CF)CN)cc2o1. The second-order valence-corrected chi connectivity index (χ2v) is 5.51. The molecule has 6 nitrogen and oxygen atoms in total. The van der Waals surface area contributed by atoms with Gasteiger partial charge in [0.2, 0.25) is 0 Å². The van der Waals surface area contributed by atoms with Gasteiger partial charge in [0.1, 0.15) is 17.9 Å². The molecule has 3 aromatic rings. The van der Waals surface area contributed by atoms with Crippen molar-refractivity contribution in [3.63, 3.8) is 0 Å². The molecule has 2 heterocycles. The maximum absolute atomic E-state index is 12.5. The van der Waals surface area contributed by atoms with Gasteiger partial charge in [0.05, 0.1) is 6.33 Å². The molecular formula is C18H19FN4O2. The molecule has 25 heavy (non-hydrogen) atoms. The molecule has 130 valence electrons. The van der Waals surface area contributed by atoms with Gasteiger partial charge in [-0.05, 0) is 30.7 Å². The number of fused-ring (bicyclic) bond motifs is 1. The molecule has 0 bridgehead atoms. The fourth-order valence-electron chi connectivity index (χ4n) is 2.26. The van der Waals surface area contributed by atoms with Gasteiger partial charge in [-0.25, -0.2) is 4.39 Å². The third kappa shape index (κ3) is 4.13. The first kappa shape index (κ1) is 16.9. The summed E-state index contributed by atoms with van der Waals surface area (Å²) in [6, 6.07) is 9.57. The summed E-state index contributed by atoms with van der Waals surface area (Å²) in [7, 11) is 0. The second-order valence-electron chi connectivity index (χ2n) is 5.51. The minimum Gasteiger partial charge on any atom is -0.489 e. The lowest BCUT2D eigenvalue weighted by molar-refractivity contribution is 0.347. The lowest BCUT2D eigenvalue weighted by Crippen LogP contribution is -2.10. The Bertz CT molecular complexity index is 892. The molecule has 3 rings (SSSR count). The summed E-state index contributed by atoms with van der Waals surface area (Å²) in [6.07, 6.45) is 2.23. The van der Waals surface area contributed by atoms with Crippen molar-refractivity contribution in [3.05, 3.63) is 59.7 Å². The van der Waals surface area contributed by atoms with Gasteiger partial charge >= 0.3 is 0 Å². The zero-order chi connectivity index (χ0) is 17.6. The first-order chi connectivity index (χ1) is 12.2. The minimum atomic E-state index is 0.0953. The van der Waals surface area contributed by atoms with E-state index in [2.05, 4.69) is 15.3 Å². The van der Waals surface area contributed by atoms with E-state index in [9.17, 15) is 4.39 Å². The average molecular weight is 342 g/mol. The van der Waals surface area contributed by atoms with E-state index in [1.807, 2.05) is 19.1 Å². The van der Waals surface area contributed by atoms with Crippen molar-refractivity contribution in [2.75, 3.05) is 18.5 Å². The van der Waals surface area contributed by atoms with Crippen LogP contribution in [0.1, 0.15) is 11.3 Å². The minimum absolute atomic E-state index is 0.0953. The van der Waals surface area contributed by atoms with Gasteiger partial charge < -0.3 is 20.2 Å². The molecule has 0 fully saturated rings. The van der Waals surface area contributed by atoms with Crippen LogP contribution < -0.4 is 15.8 Å². The highest BCUT2D eigenvalue weighted by molar-refractivity contribution is 5.76. The normalized spacial score (nSPS) is 11.7. The second kappa shape index (κ2) is 7.76. The van der Waals surface area contributed by atoms with Crippen molar-refractivity contribution in [3.8, 4) is 5.75 Å². The Morgan fingerprint density at radius 2 is 2.28 bits per heavy atom. The highest BCUT2D eigenvalue weighted by Gasteiger charge is 2.08. The molecule has 0 aliphatic carbocycles. The van der Waals surface area contributed by atoms with E-state index in [0.717, 1.165) is 11.3 Å². The molecule has 0 saturated carbocycles. The summed E-state index contributed by atoms with van der Waals surface area (Å²) in [5, 5.41) is 3.15. The number of nitrogens with zero attached hydrogens (tertiary/aromatic N) is 2. The maximum Gasteiger partial charge on any atom is 0.295 e. The summed E-state index contributed by atoms with van der Waals surface area (Å²) in [6.45, 7) is 2.73. The number of rotatable bonds is 7. The number of hydrogen-bond acceptors (Lipinski definition) is 6.